The summed E-state index contributed by atoms with van der Waals surface area (Å²) < 4.78 is 9.44. The van der Waals surface area contributed by atoms with Crippen LogP contribution in [-0.4, -0.2) is 9.13 Å². The van der Waals surface area contributed by atoms with Crippen LogP contribution in [0.5, 0.6) is 0 Å². The molecule has 294 valence electrons. The molecule has 0 aliphatic rings. The number of benzene rings is 8. The van der Waals surface area contributed by atoms with Crippen molar-refractivity contribution in [3.8, 4) is 45.8 Å². The Bertz CT molecular complexity index is 4010. The van der Waals surface area contributed by atoms with Gasteiger partial charge in [-0.1, -0.05) is 152 Å². The van der Waals surface area contributed by atoms with Gasteiger partial charge in [-0.15, -0.1) is 22.7 Å². The molecule has 0 aliphatic heterocycles. The molecule has 12 aromatic rings. The van der Waals surface area contributed by atoms with E-state index in [2.05, 4.69) is 150 Å². The monoisotopic (exact) mass is 838 g/mol. The molecule has 0 radical (unpaired) electrons. The van der Waals surface area contributed by atoms with Crippen molar-refractivity contribution >= 4 is 102 Å². The SMILES string of the molecule is C=C/C=C\c1c(C)n(-c2c(C#N)c(-c3ccccc3)c(C#N)c(-n3c4ccccc4c4c5sc6ccccc6c5ccc43)c2-c2ccccc2)c2ccc3c4ccccc4sc3c12. The van der Waals surface area contributed by atoms with Crippen LogP contribution in [-0.2, 0) is 0 Å². The molecule has 6 heteroatoms. The van der Waals surface area contributed by atoms with E-state index in [4.69, 9.17) is 0 Å². The van der Waals surface area contributed by atoms with E-state index in [1.807, 2.05) is 72.0 Å². The molecule has 0 aliphatic carbocycles. The largest absolute Gasteiger partial charge is 0.311 e. The maximum atomic E-state index is 11.7. The second kappa shape index (κ2) is 14.3. The fourth-order valence-electron chi connectivity index (χ4n) is 10.00. The number of aromatic nitrogens is 2. The summed E-state index contributed by atoms with van der Waals surface area (Å²) in [6.45, 7) is 6.20. The van der Waals surface area contributed by atoms with Crippen molar-refractivity contribution in [1.82, 2.24) is 9.13 Å². The summed E-state index contributed by atoms with van der Waals surface area (Å²) in [5, 5.41) is 31.7. The Morgan fingerprint density at radius 3 is 1.57 bits per heavy atom. The molecular formula is C57H34N4S2. The quantitative estimate of drug-likeness (QED) is 0.157. The number of allylic oxidation sites excluding steroid dienone is 2. The summed E-state index contributed by atoms with van der Waals surface area (Å²) in [7, 11) is 0. The van der Waals surface area contributed by atoms with Crippen molar-refractivity contribution in [2.45, 2.75) is 6.92 Å². The summed E-state index contributed by atoms with van der Waals surface area (Å²) in [6.07, 6.45) is 5.95. The van der Waals surface area contributed by atoms with Gasteiger partial charge in [-0.05, 0) is 48.4 Å². The molecule has 0 spiro atoms. The Morgan fingerprint density at radius 2 is 0.984 bits per heavy atom. The highest BCUT2D eigenvalue weighted by molar-refractivity contribution is 7.27. The summed E-state index contributed by atoms with van der Waals surface area (Å²) in [5.74, 6) is 0. The van der Waals surface area contributed by atoms with E-state index in [1.165, 1.54) is 40.3 Å². The first-order valence-corrected chi connectivity index (χ1v) is 22.5. The molecule has 0 atom stereocenters. The van der Waals surface area contributed by atoms with Crippen LogP contribution in [0.4, 0.5) is 0 Å². The lowest BCUT2D eigenvalue weighted by molar-refractivity contribution is 1.04. The third kappa shape index (κ3) is 5.24. The first kappa shape index (κ1) is 36.8. The molecule has 12 rings (SSSR count). The van der Waals surface area contributed by atoms with Crippen molar-refractivity contribution in [1.29, 1.82) is 10.5 Å². The number of thiophene rings is 2. The smallest absolute Gasteiger partial charge is 0.102 e. The first-order valence-electron chi connectivity index (χ1n) is 20.8. The number of hydrogen-bond acceptors (Lipinski definition) is 4. The third-order valence-electron chi connectivity index (χ3n) is 12.6. The van der Waals surface area contributed by atoms with Crippen LogP contribution >= 0.6 is 22.7 Å². The molecule has 4 heterocycles. The fourth-order valence-corrected chi connectivity index (χ4v) is 12.5. The predicted octanol–water partition coefficient (Wildman–Crippen LogP) is 16.0. The lowest BCUT2D eigenvalue weighted by Gasteiger charge is -2.25. The van der Waals surface area contributed by atoms with E-state index in [-0.39, 0.29) is 0 Å². The molecule has 63 heavy (non-hydrogen) atoms. The van der Waals surface area contributed by atoms with Gasteiger partial charge >= 0.3 is 0 Å². The lowest BCUT2D eigenvalue weighted by atomic mass is 9.86. The molecule has 0 fully saturated rings. The molecule has 4 nitrogen and oxygen atoms in total. The van der Waals surface area contributed by atoms with E-state index in [9.17, 15) is 10.5 Å². The van der Waals surface area contributed by atoms with Crippen molar-refractivity contribution in [3.63, 3.8) is 0 Å². The Morgan fingerprint density at radius 1 is 0.492 bits per heavy atom. The molecule has 0 bridgehead atoms. The van der Waals surface area contributed by atoms with Gasteiger partial charge in [0, 0.05) is 78.9 Å². The second-order valence-electron chi connectivity index (χ2n) is 15.8. The van der Waals surface area contributed by atoms with E-state index in [0.717, 1.165) is 72.0 Å². The average molecular weight is 839 g/mol. The van der Waals surface area contributed by atoms with E-state index in [0.29, 0.717) is 16.7 Å². The summed E-state index contributed by atoms with van der Waals surface area (Å²) in [6, 6.07) is 60.3. The van der Waals surface area contributed by atoms with Gasteiger partial charge in [0.2, 0.25) is 0 Å². The Kier molecular flexibility index (Phi) is 8.36. The number of nitriles is 2. The molecule has 0 saturated heterocycles. The van der Waals surface area contributed by atoms with Crippen LogP contribution in [0.25, 0.3) is 113 Å². The number of nitrogens with zero attached hydrogens (tertiary/aromatic N) is 4. The molecule has 0 saturated carbocycles. The zero-order valence-electron chi connectivity index (χ0n) is 34.1. The summed E-state index contributed by atoms with van der Waals surface area (Å²) >= 11 is 3.60. The van der Waals surface area contributed by atoms with Crippen molar-refractivity contribution in [3.05, 3.63) is 199 Å². The van der Waals surface area contributed by atoms with Gasteiger partial charge in [0.05, 0.1) is 39.1 Å². The van der Waals surface area contributed by atoms with Crippen molar-refractivity contribution in [2.24, 2.45) is 0 Å². The highest BCUT2D eigenvalue weighted by Gasteiger charge is 2.32. The minimum Gasteiger partial charge on any atom is -0.311 e. The van der Waals surface area contributed by atoms with Crippen molar-refractivity contribution in [2.75, 3.05) is 0 Å². The zero-order valence-corrected chi connectivity index (χ0v) is 35.7. The maximum Gasteiger partial charge on any atom is 0.102 e. The van der Waals surface area contributed by atoms with E-state index < -0.39 is 0 Å². The van der Waals surface area contributed by atoms with Gasteiger partial charge < -0.3 is 9.13 Å². The maximum absolute atomic E-state index is 11.7. The zero-order chi connectivity index (χ0) is 42.3. The van der Waals surface area contributed by atoms with Crippen LogP contribution < -0.4 is 0 Å². The predicted molar refractivity (Wildman–Crippen MR) is 268 cm³/mol. The van der Waals surface area contributed by atoms with Gasteiger partial charge in [-0.2, -0.15) is 10.5 Å². The normalized spacial score (nSPS) is 11.9. The summed E-state index contributed by atoms with van der Waals surface area (Å²) in [4.78, 5) is 0. The third-order valence-corrected chi connectivity index (χ3v) is 15.0. The van der Waals surface area contributed by atoms with Crippen molar-refractivity contribution < 1.29 is 0 Å². The second-order valence-corrected chi connectivity index (χ2v) is 17.9. The van der Waals surface area contributed by atoms with Gasteiger partial charge in [-0.3, -0.25) is 0 Å². The van der Waals surface area contributed by atoms with E-state index >= 15 is 0 Å². The number of fused-ring (bicyclic) bond motifs is 12. The number of para-hydroxylation sites is 1. The first-order chi connectivity index (χ1) is 31.1. The molecule has 0 unspecified atom stereocenters. The van der Waals surface area contributed by atoms with Gasteiger partial charge in [0.25, 0.3) is 0 Å². The molecule has 8 aromatic carbocycles. The van der Waals surface area contributed by atoms with E-state index in [1.54, 1.807) is 11.3 Å². The Hall–Kier alpha value is -8.00. The van der Waals surface area contributed by atoms with Crippen LogP contribution in [0, 0.1) is 29.6 Å². The van der Waals surface area contributed by atoms with Gasteiger partial charge in [-0.25, -0.2) is 0 Å². The molecule has 0 N–H and O–H groups in total. The van der Waals surface area contributed by atoms with Crippen LogP contribution in [0.2, 0.25) is 0 Å². The van der Waals surface area contributed by atoms with Crippen LogP contribution in [0.1, 0.15) is 22.4 Å². The molecular weight excluding hydrogens is 805 g/mol. The summed E-state index contributed by atoms with van der Waals surface area (Å²) in [5.41, 5.74) is 10.4. The van der Waals surface area contributed by atoms with Crippen LogP contribution in [0.15, 0.2) is 176 Å². The topological polar surface area (TPSA) is 57.4 Å². The molecule has 4 aromatic heterocycles. The number of rotatable bonds is 6. The average Bonchev–Trinajstić information content (AvgIpc) is 4.07. The minimum absolute atomic E-state index is 0.434. The molecule has 0 amide bonds. The highest BCUT2D eigenvalue weighted by Crippen LogP contribution is 2.51. The van der Waals surface area contributed by atoms with Gasteiger partial charge in [0.15, 0.2) is 0 Å². The minimum atomic E-state index is 0.434. The Balaban J connectivity index is 1.34. The van der Waals surface area contributed by atoms with Gasteiger partial charge in [0.1, 0.15) is 12.1 Å². The standard InChI is InChI=1S/C57H34N4S2/c1-3-4-21-37-34(2)60(46-30-28-40-38-22-12-15-26-48(38)62-56(40)52(37)46)54-43(32-58)50(35-17-7-5-8-18-35)44(33-59)55(51(54)36-19-9-6-10-20-36)61-45-25-14-11-24-42(45)53-47(61)31-29-41-39-23-13-16-27-49(39)63-57(41)53/h3-31H,1H2,2H3/b21-4-. The Labute approximate surface area is 371 Å². The lowest BCUT2D eigenvalue weighted by Crippen LogP contribution is -2.12. The number of hydrogen-bond donors (Lipinski definition) is 0. The highest BCUT2D eigenvalue weighted by atomic mass is 32.1. The fraction of sp³-hybridized carbons (Fsp3) is 0.0175. The van der Waals surface area contributed by atoms with Crippen LogP contribution in [0.3, 0.4) is 0 Å².